The zero-order chi connectivity index (χ0) is 23.9. The summed E-state index contributed by atoms with van der Waals surface area (Å²) in [6.45, 7) is 2.05. The molecule has 3 aromatic carbocycles. The van der Waals surface area contributed by atoms with Crippen molar-refractivity contribution in [2.24, 2.45) is 9.98 Å². The number of halogens is 1. The minimum absolute atomic E-state index is 0.150. The Balaban J connectivity index is 1.44. The molecule has 172 valence electrons. The van der Waals surface area contributed by atoms with Crippen molar-refractivity contribution in [3.8, 4) is 0 Å². The molecule has 6 nitrogen and oxygen atoms in total. The molecule has 0 aromatic heterocycles. The minimum atomic E-state index is -0.402. The first-order valence-corrected chi connectivity index (χ1v) is 11.7. The van der Waals surface area contributed by atoms with Crippen LogP contribution in [0.5, 0.6) is 0 Å². The highest BCUT2D eigenvalue weighted by Gasteiger charge is 2.17. The molecule has 1 aliphatic heterocycles. The number of carbonyl (C=O) groups excluding carboxylic acids is 2. The lowest BCUT2D eigenvalue weighted by Crippen LogP contribution is -2.16. The van der Waals surface area contributed by atoms with Gasteiger partial charge in [0.2, 0.25) is 5.91 Å². The number of nitrogens with one attached hydrogen (secondary N) is 1. The number of esters is 1. The van der Waals surface area contributed by atoms with Crippen LogP contribution in [0.1, 0.15) is 29.3 Å². The van der Waals surface area contributed by atoms with E-state index in [0.29, 0.717) is 24.3 Å². The predicted molar refractivity (Wildman–Crippen MR) is 134 cm³/mol. The number of carbonyl (C=O) groups is 2. The van der Waals surface area contributed by atoms with Gasteiger partial charge in [-0.15, -0.1) is 11.8 Å². The monoisotopic (exact) mass is 475 g/mol. The highest BCUT2D eigenvalue weighted by Crippen LogP contribution is 2.33. The van der Waals surface area contributed by atoms with E-state index >= 15 is 0 Å². The van der Waals surface area contributed by atoms with Crippen LogP contribution in [0.3, 0.4) is 0 Å². The van der Waals surface area contributed by atoms with Crippen LogP contribution >= 0.6 is 11.8 Å². The van der Waals surface area contributed by atoms with Crippen molar-refractivity contribution in [3.63, 3.8) is 0 Å². The van der Waals surface area contributed by atoms with E-state index < -0.39 is 5.97 Å². The first-order chi connectivity index (χ1) is 16.5. The summed E-state index contributed by atoms with van der Waals surface area (Å²) in [5, 5.41) is 3.56. The quantitative estimate of drug-likeness (QED) is 0.448. The van der Waals surface area contributed by atoms with Crippen molar-refractivity contribution >= 4 is 51.5 Å². The van der Waals surface area contributed by atoms with E-state index in [9.17, 15) is 14.0 Å². The Kier molecular flexibility index (Phi) is 7.49. The normalized spacial score (nSPS) is 12.6. The number of hydrogen-bond donors (Lipinski definition) is 1. The smallest absolute Gasteiger partial charge is 0.338 e. The van der Waals surface area contributed by atoms with E-state index in [-0.39, 0.29) is 17.5 Å². The molecule has 34 heavy (non-hydrogen) atoms. The molecule has 0 radical (unpaired) electrons. The van der Waals surface area contributed by atoms with Crippen LogP contribution in [0.2, 0.25) is 0 Å². The molecule has 0 aliphatic carbocycles. The van der Waals surface area contributed by atoms with E-state index in [1.807, 2.05) is 24.3 Å². The molecule has 0 bridgehead atoms. The highest BCUT2D eigenvalue weighted by molar-refractivity contribution is 8.14. The van der Waals surface area contributed by atoms with Crippen LogP contribution in [0.4, 0.5) is 21.5 Å². The third kappa shape index (κ3) is 5.96. The van der Waals surface area contributed by atoms with E-state index in [4.69, 9.17) is 14.7 Å². The topological polar surface area (TPSA) is 80.1 Å². The second-order valence-electron chi connectivity index (χ2n) is 7.37. The second kappa shape index (κ2) is 10.9. The van der Waals surface area contributed by atoms with Crippen LogP contribution in [-0.4, -0.2) is 35.0 Å². The molecule has 0 unspecified atom stereocenters. The zero-order valence-corrected chi connectivity index (χ0v) is 19.3. The molecule has 0 fully saturated rings. The van der Waals surface area contributed by atoms with Crippen molar-refractivity contribution < 1.29 is 18.7 Å². The Morgan fingerprint density at radius 3 is 2.32 bits per heavy atom. The van der Waals surface area contributed by atoms with Gasteiger partial charge in [-0.25, -0.2) is 14.2 Å². The van der Waals surface area contributed by atoms with E-state index in [0.717, 1.165) is 27.7 Å². The number of thioether (sulfide) groups is 1. The number of nitrogens with zero attached hydrogens (tertiary/aromatic N) is 2. The number of para-hydroxylation sites is 2. The van der Waals surface area contributed by atoms with Gasteiger partial charge in [0.05, 0.1) is 40.1 Å². The molecule has 1 heterocycles. The van der Waals surface area contributed by atoms with Gasteiger partial charge in [0.1, 0.15) is 5.82 Å². The average Bonchev–Trinajstić information content (AvgIpc) is 3.03. The molecule has 0 saturated carbocycles. The summed E-state index contributed by atoms with van der Waals surface area (Å²) in [6, 6.07) is 20.3. The fourth-order valence-corrected chi connectivity index (χ4v) is 4.07. The molecule has 0 spiro atoms. The van der Waals surface area contributed by atoms with Crippen molar-refractivity contribution in [2.75, 3.05) is 17.7 Å². The molecule has 1 amide bonds. The number of amides is 1. The van der Waals surface area contributed by atoms with E-state index in [2.05, 4.69) is 5.32 Å². The first-order valence-electron chi connectivity index (χ1n) is 10.7. The van der Waals surface area contributed by atoms with E-state index in [1.54, 1.807) is 43.3 Å². The third-order valence-electron chi connectivity index (χ3n) is 4.93. The number of ether oxygens (including phenoxy) is 1. The maximum Gasteiger partial charge on any atom is 0.338 e. The number of fused-ring (bicyclic) bond motifs is 1. The minimum Gasteiger partial charge on any atom is -0.462 e. The molecule has 4 rings (SSSR count). The Hall–Kier alpha value is -3.78. The fraction of sp³-hybridized carbons (Fsp3) is 0.154. The summed E-state index contributed by atoms with van der Waals surface area (Å²) in [6.07, 6.45) is 0.423. The Morgan fingerprint density at radius 1 is 0.971 bits per heavy atom. The predicted octanol–water partition coefficient (Wildman–Crippen LogP) is 5.93. The van der Waals surface area contributed by atoms with Crippen LogP contribution in [0, 0.1) is 5.82 Å². The number of hydrogen-bond acceptors (Lipinski definition) is 6. The lowest BCUT2D eigenvalue weighted by atomic mass is 10.1. The summed E-state index contributed by atoms with van der Waals surface area (Å²) in [5.74, 6) is -0.763. The van der Waals surface area contributed by atoms with Crippen molar-refractivity contribution in [1.29, 1.82) is 0 Å². The Labute approximate surface area is 201 Å². The summed E-state index contributed by atoms with van der Waals surface area (Å²) < 4.78 is 18.4. The molecule has 3 aromatic rings. The summed E-state index contributed by atoms with van der Waals surface area (Å²) in [4.78, 5) is 33.8. The lowest BCUT2D eigenvalue weighted by molar-refractivity contribution is -0.113. The van der Waals surface area contributed by atoms with Gasteiger partial charge in [-0.05, 0) is 61.0 Å². The molecule has 0 atom stereocenters. The number of benzene rings is 3. The van der Waals surface area contributed by atoms with Crippen LogP contribution in [0.25, 0.3) is 0 Å². The molecular formula is C26H22FN3O3S. The molecule has 0 saturated heterocycles. The summed E-state index contributed by atoms with van der Waals surface area (Å²) >= 11 is 1.33. The van der Waals surface area contributed by atoms with Gasteiger partial charge in [0.25, 0.3) is 0 Å². The van der Waals surface area contributed by atoms with Gasteiger partial charge in [0.15, 0.2) is 0 Å². The third-order valence-corrected chi connectivity index (χ3v) is 5.90. The first kappa shape index (κ1) is 23.4. The van der Waals surface area contributed by atoms with Crippen molar-refractivity contribution in [2.45, 2.75) is 13.3 Å². The van der Waals surface area contributed by atoms with Gasteiger partial charge < -0.3 is 10.1 Å². The fourth-order valence-electron chi connectivity index (χ4n) is 3.30. The maximum absolute atomic E-state index is 13.4. The average molecular weight is 476 g/mol. The van der Waals surface area contributed by atoms with E-state index in [1.165, 1.54) is 23.9 Å². The van der Waals surface area contributed by atoms with Gasteiger partial charge in [-0.3, -0.25) is 9.79 Å². The number of aliphatic imine (C=N–C) groups is 2. The zero-order valence-electron chi connectivity index (χ0n) is 18.5. The molecule has 8 heteroatoms. The van der Waals surface area contributed by atoms with Gasteiger partial charge in [-0.1, -0.05) is 24.3 Å². The summed E-state index contributed by atoms with van der Waals surface area (Å²) in [5.41, 5.74) is 4.01. The highest BCUT2D eigenvalue weighted by atomic mass is 32.2. The number of rotatable bonds is 6. The Morgan fingerprint density at radius 2 is 1.65 bits per heavy atom. The largest absolute Gasteiger partial charge is 0.462 e. The van der Waals surface area contributed by atoms with Crippen LogP contribution < -0.4 is 5.32 Å². The maximum atomic E-state index is 13.4. The van der Waals surface area contributed by atoms with Crippen molar-refractivity contribution in [1.82, 2.24) is 0 Å². The molecule has 1 aliphatic rings. The Bertz CT molecular complexity index is 1260. The molecular weight excluding hydrogens is 453 g/mol. The second-order valence-corrected chi connectivity index (χ2v) is 8.42. The van der Waals surface area contributed by atoms with Gasteiger partial charge >= 0.3 is 5.97 Å². The standard InChI is InChI=1S/C26H22FN3O3S/c1-2-33-26(32)18-9-13-20(14-10-18)28-24(31)16-34-25-15-23(17-7-11-19(27)12-8-17)29-21-5-3-4-6-22(21)30-25/h3-14H,2,15-16H2,1H3,(H,28,31). The van der Waals surface area contributed by atoms with Gasteiger partial charge in [-0.2, -0.15) is 0 Å². The van der Waals surface area contributed by atoms with Crippen molar-refractivity contribution in [3.05, 3.63) is 89.7 Å². The van der Waals surface area contributed by atoms with Crippen LogP contribution in [0.15, 0.2) is 82.8 Å². The molecule has 1 N–H and O–H groups in total. The van der Waals surface area contributed by atoms with Gasteiger partial charge in [0, 0.05) is 12.1 Å². The SMILES string of the molecule is CCOC(=O)c1ccc(NC(=O)CSC2=Nc3ccccc3N=C(c3ccc(F)cc3)C2)cc1. The lowest BCUT2D eigenvalue weighted by Gasteiger charge is -2.09. The number of anilines is 1. The summed E-state index contributed by atoms with van der Waals surface area (Å²) in [7, 11) is 0. The van der Waals surface area contributed by atoms with Crippen LogP contribution in [-0.2, 0) is 9.53 Å².